The molecule has 0 saturated carbocycles. The van der Waals surface area contributed by atoms with Crippen LogP contribution in [0, 0.1) is 5.92 Å². The maximum atomic E-state index is 4.15. The Morgan fingerprint density at radius 1 is 1.41 bits per heavy atom. The minimum absolute atomic E-state index is 0.534. The van der Waals surface area contributed by atoms with Crippen molar-refractivity contribution in [3.05, 3.63) is 36.6 Å². The van der Waals surface area contributed by atoms with Crippen molar-refractivity contribution in [2.24, 2.45) is 5.92 Å². The molecule has 2 nitrogen and oxygen atoms in total. The molecule has 17 heavy (non-hydrogen) atoms. The van der Waals surface area contributed by atoms with Crippen LogP contribution >= 0.6 is 0 Å². The Kier molecular flexibility index (Phi) is 5.49. The Bertz CT molecular complexity index is 302. The zero-order chi connectivity index (χ0) is 12.8. The summed E-state index contributed by atoms with van der Waals surface area (Å²) in [6.07, 6.45) is 4.35. The molecule has 1 rings (SSSR count). The third-order valence-electron chi connectivity index (χ3n) is 3.39. The van der Waals surface area contributed by atoms with E-state index in [0.717, 1.165) is 32.7 Å². The fourth-order valence-electron chi connectivity index (χ4n) is 1.87. The van der Waals surface area contributed by atoms with Gasteiger partial charge in [0.15, 0.2) is 0 Å². The molecule has 0 unspecified atom stereocenters. The molecule has 0 aromatic carbocycles. The summed E-state index contributed by atoms with van der Waals surface area (Å²) in [5.74, 6) is 0.534. The predicted molar refractivity (Wildman–Crippen MR) is 75.9 cm³/mol. The Hall–Kier alpha value is -1.02. The quantitative estimate of drug-likeness (QED) is 0.675. The first-order valence-corrected chi connectivity index (χ1v) is 6.55. The highest BCUT2D eigenvalue weighted by molar-refractivity contribution is 5.17. The van der Waals surface area contributed by atoms with E-state index < -0.39 is 0 Å². The molecule has 0 aliphatic carbocycles. The molecular formula is C15H26N2. The third kappa shape index (κ3) is 4.39. The molecular weight excluding hydrogens is 208 g/mol. The molecule has 96 valence electrons. The number of likely N-dealkylation sites (N-methyl/N-ethyl adjacent to an activating group) is 1. The second-order valence-electron chi connectivity index (χ2n) is 5.01. The Balaban J connectivity index is 2.38. The van der Waals surface area contributed by atoms with Crippen molar-refractivity contribution in [3.8, 4) is 0 Å². The van der Waals surface area contributed by atoms with Crippen LogP contribution < -0.4 is 0 Å². The predicted octanol–water partition coefficient (Wildman–Crippen LogP) is 2.91. The van der Waals surface area contributed by atoms with Crippen LogP contribution in [0.25, 0.3) is 0 Å². The van der Waals surface area contributed by atoms with Gasteiger partial charge in [-0.15, -0.1) is 0 Å². The molecule has 0 spiro atoms. The van der Waals surface area contributed by atoms with Crippen molar-refractivity contribution in [2.45, 2.75) is 20.8 Å². The first-order chi connectivity index (χ1) is 8.04. The average Bonchev–Trinajstić information content (AvgIpc) is 2.30. The van der Waals surface area contributed by atoms with Crippen LogP contribution in [0.3, 0.4) is 0 Å². The molecule has 1 fully saturated rings. The van der Waals surface area contributed by atoms with Crippen LogP contribution in [0.15, 0.2) is 36.6 Å². The summed E-state index contributed by atoms with van der Waals surface area (Å²) >= 11 is 0. The van der Waals surface area contributed by atoms with Crippen LogP contribution in [0.4, 0.5) is 0 Å². The second-order valence-corrected chi connectivity index (χ2v) is 5.01. The van der Waals surface area contributed by atoms with Crippen LogP contribution in [0.5, 0.6) is 0 Å². The summed E-state index contributed by atoms with van der Waals surface area (Å²) in [4.78, 5) is 4.78. The first kappa shape index (κ1) is 14.0. The molecule has 2 heteroatoms. The number of hydrogen-bond donors (Lipinski definition) is 0. The van der Waals surface area contributed by atoms with Crippen LogP contribution in [-0.2, 0) is 0 Å². The molecule has 0 aromatic heterocycles. The molecule has 0 aromatic rings. The van der Waals surface area contributed by atoms with Gasteiger partial charge >= 0.3 is 0 Å². The summed E-state index contributed by atoms with van der Waals surface area (Å²) in [5, 5.41) is 0. The fraction of sp³-hybridized carbons (Fsp3) is 0.600. The molecule has 0 atom stereocenters. The van der Waals surface area contributed by atoms with Crippen molar-refractivity contribution in [1.82, 2.24) is 9.80 Å². The number of rotatable bonds is 5. The Morgan fingerprint density at radius 3 is 2.65 bits per heavy atom. The first-order valence-electron chi connectivity index (χ1n) is 6.55. The van der Waals surface area contributed by atoms with Gasteiger partial charge in [-0.05, 0) is 12.5 Å². The lowest BCUT2D eigenvalue weighted by Crippen LogP contribution is -2.44. The zero-order valence-corrected chi connectivity index (χ0v) is 11.6. The van der Waals surface area contributed by atoms with E-state index in [2.05, 4.69) is 55.9 Å². The normalized spacial score (nSPS) is 18.4. The van der Waals surface area contributed by atoms with E-state index in [0.29, 0.717) is 5.92 Å². The summed E-state index contributed by atoms with van der Waals surface area (Å²) < 4.78 is 0. The minimum atomic E-state index is 0.534. The van der Waals surface area contributed by atoms with Gasteiger partial charge in [0.1, 0.15) is 0 Å². The highest BCUT2D eigenvalue weighted by Gasteiger charge is 2.16. The van der Waals surface area contributed by atoms with Crippen LogP contribution in [0.2, 0.25) is 0 Å². The summed E-state index contributed by atoms with van der Waals surface area (Å²) in [6, 6.07) is 0. The highest BCUT2D eigenvalue weighted by atomic mass is 15.3. The number of hydrogen-bond acceptors (Lipinski definition) is 2. The van der Waals surface area contributed by atoms with E-state index in [1.807, 2.05) is 0 Å². The van der Waals surface area contributed by atoms with E-state index >= 15 is 0 Å². The smallest absolute Gasteiger partial charge is 0.0378 e. The van der Waals surface area contributed by atoms with E-state index in [9.17, 15) is 0 Å². The monoisotopic (exact) mass is 234 g/mol. The van der Waals surface area contributed by atoms with Gasteiger partial charge in [-0.1, -0.05) is 51.7 Å². The van der Waals surface area contributed by atoms with Crippen LogP contribution in [0.1, 0.15) is 20.8 Å². The molecule has 1 heterocycles. The number of nitrogens with zero attached hydrogens (tertiary/aromatic N) is 2. The molecule has 1 aliphatic rings. The number of piperazine rings is 1. The molecule has 0 bridgehead atoms. The lowest BCUT2D eigenvalue weighted by molar-refractivity contribution is 0.194. The van der Waals surface area contributed by atoms with Crippen molar-refractivity contribution >= 4 is 0 Å². The van der Waals surface area contributed by atoms with E-state index in [4.69, 9.17) is 0 Å². The zero-order valence-electron chi connectivity index (χ0n) is 11.6. The SMILES string of the molecule is C=C(/C=C/CN1CCN(CC)CC1=C)C(C)C. The summed E-state index contributed by atoms with van der Waals surface area (Å²) in [5.41, 5.74) is 2.43. The van der Waals surface area contributed by atoms with Gasteiger partial charge in [0.05, 0.1) is 0 Å². The minimum Gasteiger partial charge on any atom is -0.369 e. The van der Waals surface area contributed by atoms with Gasteiger partial charge in [0.25, 0.3) is 0 Å². The molecule has 1 aliphatic heterocycles. The van der Waals surface area contributed by atoms with E-state index in [1.165, 1.54) is 11.3 Å². The molecule has 0 N–H and O–H groups in total. The topological polar surface area (TPSA) is 6.48 Å². The van der Waals surface area contributed by atoms with Crippen molar-refractivity contribution < 1.29 is 0 Å². The number of allylic oxidation sites excluding steroid dienone is 2. The largest absolute Gasteiger partial charge is 0.369 e. The van der Waals surface area contributed by atoms with Gasteiger partial charge in [0.2, 0.25) is 0 Å². The van der Waals surface area contributed by atoms with Crippen molar-refractivity contribution in [2.75, 3.05) is 32.7 Å². The van der Waals surface area contributed by atoms with Gasteiger partial charge in [0, 0.05) is 31.9 Å². The van der Waals surface area contributed by atoms with Crippen molar-refractivity contribution in [1.29, 1.82) is 0 Å². The molecule has 0 amide bonds. The van der Waals surface area contributed by atoms with Gasteiger partial charge in [-0.3, -0.25) is 4.90 Å². The van der Waals surface area contributed by atoms with E-state index in [-0.39, 0.29) is 0 Å². The van der Waals surface area contributed by atoms with Gasteiger partial charge < -0.3 is 4.90 Å². The van der Waals surface area contributed by atoms with Gasteiger partial charge in [-0.25, -0.2) is 0 Å². The molecule has 0 radical (unpaired) electrons. The summed E-state index contributed by atoms with van der Waals surface area (Å²) in [6.45, 7) is 20.1. The lowest BCUT2D eigenvalue weighted by atomic mass is 10.1. The van der Waals surface area contributed by atoms with Crippen molar-refractivity contribution in [3.63, 3.8) is 0 Å². The second kappa shape index (κ2) is 6.65. The Labute approximate surface area is 106 Å². The van der Waals surface area contributed by atoms with E-state index in [1.54, 1.807) is 0 Å². The Morgan fingerprint density at radius 2 is 2.12 bits per heavy atom. The van der Waals surface area contributed by atoms with Crippen LogP contribution in [-0.4, -0.2) is 42.5 Å². The average molecular weight is 234 g/mol. The molecule has 1 saturated heterocycles. The fourth-order valence-corrected chi connectivity index (χ4v) is 1.87. The maximum Gasteiger partial charge on any atom is 0.0378 e. The standard InChI is InChI=1S/C15H26N2/c1-6-16-10-11-17(15(5)12-16)9-7-8-14(4)13(2)3/h7-8,13H,4-6,9-12H2,1-3H3/b8-7+. The lowest BCUT2D eigenvalue weighted by Gasteiger charge is -2.36. The van der Waals surface area contributed by atoms with Gasteiger partial charge in [-0.2, -0.15) is 0 Å². The highest BCUT2D eigenvalue weighted by Crippen LogP contribution is 2.12. The maximum absolute atomic E-state index is 4.15. The third-order valence-corrected chi connectivity index (χ3v) is 3.39. The summed E-state index contributed by atoms with van der Waals surface area (Å²) in [7, 11) is 0.